The van der Waals surface area contributed by atoms with Crippen LogP contribution in [0, 0.1) is 11.3 Å². The summed E-state index contributed by atoms with van der Waals surface area (Å²) in [6.07, 6.45) is 0.703. The molecule has 5 nitrogen and oxygen atoms in total. The first-order valence-corrected chi connectivity index (χ1v) is 8.25. The molecular weight excluding hydrogens is 314 g/mol. The van der Waals surface area contributed by atoms with Crippen molar-refractivity contribution >= 4 is 5.91 Å². The first-order valence-electron chi connectivity index (χ1n) is 8.25. The minimum atomic E-state index is -0.0847. The number of hydrogen-bond acceptors (Lipinski definition) is 4. The van der Waals surface area contributed by atoms with Gasteiger partial charge >= 0.3 is 0 Å². The van der Waals surface area contributed by atoms with Gasteiger partial charge in [0.2, 0.25) is 5.91 Å². The van der Waals surface area contributed by atoms with Gasteiger partial charge in [0.15, 0.2) is 0 Å². The molecule has 1 aliphatic heterocycles. The van der Waals surface area contributed by atoms with Crippen molar-refractivity contribution in [1.82, 2.24) is 9.80 Å². The molecule has 1 unspecified atom stereocenters. The van der Waals surface area contributed by atoms with Crippen molar-refractivity contribution in [1.29, 1.82) is 5.26 Å². The van der Waals surface area contributed by atoms with Crippen LogP contribution in [0.3, 0.4) is 0 Å². The highest BCUT2D eigenvalue weighted by Crippen LogP contribution is 2.29. The first kappa shape index (κ1) is 17.0. The average molecular weight is 335 g/mol. The highest BCUT2D eigenvalue weighted by Gasteiger charge is 2.35. The largest absolute Gasteiger partial charge is 0.497 e. The average Bonchev–Trinajstić information content (AvgIpc) is 2.93. The Morgan fingerprint density at radius 2 is 1.84 bits per heavy atom. The third kappa shape index (κ3) is 3.65. The summed E-state index contributed by atoms with van der Waals surface area (Å²) in [5, 5.41) is 8.95. The summed E-state index contributed by atoms with van der Waals surface area (Å²) >= 11 is 0. The van der Waals surface area contributed by atoms with E-state index in [0.29, 0.717) is 18.7 Å². The van der Waals surface area contributed by atoms with Gasteiger partial charge in [0.25, 0.3) is 0 Å². The fraction of sp³-hybridized carbons (Fsp3) is 0.300. The molecule has 1 heterocycles. The lowest BCUT2D eigenvalue weighted by atomic mass is 10.1. The number of nitrogens with zero attached hydrogens (tertiary/aromatic N) is 3. The van der Waals surface area contributed by atoms with E-state index in [1.165, 1.54) is 5.56 Å². The highest BCUT2D eigenvalue weighted by molar-refractivity contribution is 5.81. The normalized spacial score (nSPS) is 17.6. The van der Waals surface area contributed by atoms with Crippen LogP contribution in [-0.4, -0.2) is 43.0 Å². The van der Waals surface area contributed by atoms with Crippen LogP contribution < -0.4 is 4.74 Å². The SMILES string of the molecule is COc1ccc(CCN2C(=O)CN(C)C2c2ccc(C#N)cc2)cc1. The molecule has 128 valence electrons. The van der Waals surface area contributed by atoms with Crippen LogP contribution >= 0.6 is 0 Å². The van der Waals surface area contributed by atoms with Crippen molar-refractivity contribution in [3.05, 3.63) is 65.2 Å². The number of rotatable bonds is 5. The predicted octanol–water partition coefficient (Wildman–Crippen LogP) is 2.58. The quantitative estimate of drug-likeness (QED) is 0.843. The van der Waals surface area contributed by atoms with Crippen LogP contribution in [0.1, 0.15) is 22.9 Å². The Bertz CT molecular complexity index is 778. The summed E-state index contributed by atoms with van der Waals surface area (Å²) in [6, 6.07) is 17.5. The van der Waals surface area contributed by atoms with E-state index >= 15 is 0 Å². The van der Waals surface area contributed by atoms with Crippen molar-refractivity contribution in [3.63, 3.8) is 0 Å². The lowest BCUT2D eigenvalue weighted by Gasteiger charge is -2.28. The Kier molecular flexibility index (Phi) is 5.01. The Hall–Kier alpha value is -2.84. The number of hydrogen-bond donors (Lipinski definition) is 0. The minimum Gasteiger partial charge on any atom is -0.497 e. The zero-order chi connectivity index (χ0) is 17.8. The van der Waals surface area contributed by atoms with Crippen molar-refractivity contribution in [2.45, 2.75) is 12.6 Å². The van der Waals surface area contributed by atoms with E-state index in [0.717, 1.165) is 17.7 Å². The number of ether oxygens (including phenoxy) is 1. The molecule has 1 aliphatic rings. The fourth-order valence-corrected chi connectivity index (χ4v) is 3.22. The van der Waals surface area contributed by atoms with E-state index in [1.807, 2.05) is 53.2 Å². The second-order valence-electron chi connectivity index (χ2n) is 6.21. The van der Waals surface area contributed by atoms with Crippen LogP contribution in [0.4, 0.5) is 0 Å². The molecule has 2 aromatic rings. The monoisotopic (exact) mass is 335 g/mol. The smallest absolute Gasteiger partial charge is 0.238 e. The molecule has 1 atom stereocenters. The second-order valence-corrected chi connectivity index (χ2v) is 6.21. The summed E-state index contributed by atoms with van der Waals surface area (Å²) in [7, 11) is 3.60. The molecular formula is C20H21N3O2. The molecule has 5 heteroatoms. The van der Waals surface area contributed by atoms with E-state index in [9.17, 15) is 4.79 Å². The van der Waals surface area contributed by atoms with Crippen LogP contribution in [0.2, 0.25) is 0 Å². The minimum absolute atomic E-state index is 0.0847. The lowest BCUT2D eigenvalue weighted by molar-refractivity contribution is -0.128. The molecule has 25 heavy (non-hydrogen) atoms. The summed E-state index contributed by atoms with van der Waals surface area (Å²) in [5.41, 5.74) is 2.82. The van der Waals surface area contributed by atoms with Crippen LogP contribution in [0.15, 0.2) is 48.5 Å². The van der Waals surface area contributed by atoms with Gasteiger partial charge in [-0.3, -0.25) is 9.69 Å². The van der Waals surface area contributed by atoms with Crippen molar-refractivity contribution in [2.24, 2.45) is 0 Å². The van der Waals surface area contributed by atoms with Crippen molar-refractivity contribution < 1.29 is 9.53 Å². The third-order valence-corrected chi connectivity index (χ3v) is 4.56. The number of benzene rings is 2. The summed E-state index contributed by atoms with van der Waals surface area (Å²) in [4.78, 5) is 16.4. The molecule has 1 amide bonds. The standard InChI is InChI=1S/C20H21N3O2/c1-22-14-19(24)23(12-11-15-5-9-18(25-2)10-6-15)20(22)17-7-3-16(13-21)4-8-17/h3-10,20H,11-12,14H2,1-2H3. The first-order chi connectivity index (χ1) is 12.1. The number of methoxy groups -OCH3 is 1. The van der Waals surface area contributed by atoms with E-state index in [4.69, 9.17) is 10.00 Å². The number of nitriles is 1. The van der Waals surface area contributed by atoms with Gasteiger partial charge in [0.05, 0.1) is 25.3 Å². The van der Waals surface area contributed by atoms with Gasteiger partial charge in [-0.2, -0.15) is 5.26 Å². The van der Waals surface area contributed by atoms with Crippen LogP contribution in [0.5, 0.6) is 5.75 Å². The molecule has 0 radical (unpaired) electrons. The lowest BCUT2D eigenvalue weighted by Crippen LogP contribution is -2.32. The number of carbonyl (C=O) groups excluding carboxylic acids is 1. The molecule has 3 rings (SSSR count). The molecule has 0 spiro atoms. The number of likely N-dealkylation sites (N-methyl/N-ethyl adjacent to an activating group) is 1. The van der Waals surface area contributed by atoms with Crippen LogP contribution in [0.25, 0.3) is 0 Å². The highest BCUT2D eigenvalue weighted by atomic mass is 16.5. The molecule has 1 saturated heterocycles. The molecule has 0 aliphatic carbocycles. The Labute approximate surface area is 148 Å². The van der Waals surface area contributed by atoms with Gasteiger partial charge in [-0.25, -0.2) is 0 Å². The molecule has 0 N–H and O–H groups in total. The molecule has 0 saturated carbocycles. The third-order valence-electron chi connectivity index (χ3n) is 4.56. The van der Waals surface area contributed by atoms with Gasteiger partial charge in [-0.05, 0) is 48.9 Å². The fourth-order valence-electron chi connectivity index (χ4n) is 3.22. The Morgan fingerprint density at radius 3 is 2.44 bits per heavy atom. The van der Waals surface area contributed by atoms with E-state index in [1.54, 1.807) is 19.2 Å². The zero-order valence-corrected chi connectivity index (χ0v) is 14.5. The van der Waals surface area contributed by atoms with Gasteiger partial charge in [0.1, 0.15) is 11.9 Å². The predicted molar refractivity (Wildman–Crippen MR) is 94.9 cm³/mol. The van der Waals surface area contributed by atoms with Crippen molar-refractivity contribution in [2.75, 3.05) is 27.2 Å². The van der Waals surface area contributed by atoms with E-state index < -0.39 is 0 Å². The van der Waals surface area contributed by atoms with Crippen molar-refractivity contribution in [3.8, 4) is 11.8 Å². The molecule has 0 aromatic heterocycles. The van der Waals surface area contributed by atoms with Crippen LogP contribution in [-0.2, 0) is 11.2 Å². The maximum atomic E-state index is 12.4. The molecule has 0 bridgehead atoms. The maximum absolute atomic E-state index is 12.4. The van der Waals surface area contributed by atoms with E-state index in [2.05, 4.69) is 6.07 Å². The Balaban J connectivity index is 1.74. The van der Waals surface area contributed by atoms with Gasteiger partial charge in [-0.1, -0.05) is 24.3 Å². The number of amides is 1. The summed E-state index contributed by atoms with van der Waals surface area (Å²) in [6.45, 7) is 1.06. The van der Waals surface area contributed by atoms with Gasteiger partial charge in [0, 0.05) is 6.54 Å². The van der Waals surface area contributed by atoms with Gasteiger partial charge in [-0.15, -0.1) is 0 Å². The number of carbonyl (C=O) groups is 1. The Morgan fingerprint density at radius 1 is 1.16 bits per heavy atom. The second kappa shape index (κ2) is 7.37. The topological polar surface area (TPSA) is 56.6 Å². The zero-order valence-electron chi connectivity index (χ0n) is 14.5. The molecule has 2 aromatic carbocycles. The summed E-state index contributed by atoms with van der Waals surface area (Å²) < 4.78 is 5.18. The molecule has 1 fully saturated rings. The summed E-state index contributed by atoms with van der Waals surface area (Å²) in [5.74, 6) is 0.960. The van der Waals surface area contributed by atoms with Gasteiger partial charge < -0.3 is 9.64 Å². The van der Waals surface area contributed by atoms with E-state index in [-0.39, 0.29) is 12.1 Å². The maximum Gasteiger partial charge on any atom is 0.238 e.